The molecule has 1 heterocycles. The lowest BCUT2D eigenvalue weighted by molar-refractivity contribution is 0.274. The molecule has 0 aromatic carbocycles. The van der Waals surface area contributed by atoms with Gasteiger partial charge >= 0.3 is 0 Å². The van der Waals surface area contributed by atoms with Crippen molar-refractivity contribution in [2.24, 2.45) is 11.8 Å². The van der Waals surface area contributed by atoms with Crippen molar-refractivity contribution in [2.75, 3.05) is 11.9 Å². The zero-order chi connectivity index (χ0) is 15.2. The van der Waals surface area contributed by atoms with E-state index in [0.717, 1.165) is 31.2 Å². The Labute approximate surface area is 131 Å². The molecule has 1 aliphatic rings. The van der Waals surface area contributed by atoms with Crippen LogP contribution in [0.15, 0.2) is 11.0 Å². The number of anilines is 1. The summed E-state index contributed by atoms with van der Waals surface area (Å²) in [6, 6.07) is 0. The van der Waals surface area contributed by atoms with Crippen molar-refractivity contribution in [3.8, 4) is 0 Å². The van der Waals surface area contributed by atoms with Crippen LogP contribution in [-0.2, 0) is 6.54 Å². The van der Waals surface area contributed by atoms with E-state index >= 15 is 0 Å². The molecule has 0 aliphatic heterocycles. The molecule has 1 aromatic heterocycles. The van der Waals surface area contributed by atoms with E-state index in [1.807, 2.05) is 6.92 Å². The van der Waals surface area contributed by atoms with E-state index in [4.69, 9.17) is 11.6 Å². The molecule has 1 saturated carbocycles. The summed E-state index contributed by atoms with van der Waals surface area (Å²) >= 11 is 6.14. The normalized spacial score (nSPS) is 22.2. The minimum absolute atomic E-state index is 0.199. The van der Waals surface area contributed by atoms with Gasteiger partial charge in [0.15, 0.2) is 0 Å². The second-order valence-corrected chi connectivity index (χ2v) is 6.63. The van der Waals surface area contributed by atoms with Crippen LogP contribution in [0.3, 0.4) is 0 Å². The van der Waals surface area contributed by atoms with Gasteiger partial charge in [0, 0.05) is 13.1 Å². The SMILES string of the molecule is CCCn1ncc(NCCC2CCCC(C)C2)c(Cl)c1=O. The molecule has 21 heavy (non-hydrogen) atoms. The third kappa shape index (κ3) is 4.47. The quantitative estimate of drug-likeness (QED) is 0.865. The lowest BCUT2D eigenvalue weighted by Crippen LogP contribution is -2.24. The summed E-state index contributed by atoms with van der Waals surface area (Å²) in [7, 11) is 0. The maximum Gasteiger partial charge on any atom is 0.287 e. The Morgan fingerprint density at radius 2 is 2.29 bits per heavy atom. The van der Waals surface area contributed by atoms with Crippen molar-refractivity contribution in [1.82, 2.24) is 9.78 Å². The highest BCUT2D eigenvalue weighted by Gasteiger charge is 2.18. The van der Waals surface area contributed by atoms with Crippen LogP contribution >= 0.6 is 11.6 Å². The van der Waals surface area contributed by atoms with Gasteiger partial charge in [0.05, 0.1) is 11.9 Å². The van der Waals surface area contributed by atoms with Crippen LogP contribution < -0.4 is 10.9 Å². The fourth-order valence-corrected chi connectivity index (χ4v) is 3.41. The number of hydrogen-bond acceptors (Lipinski definition) is 3. The molecule has 0 amide bonds. The Balaban J connectivity index is 1.88. The Morgan fingerprint density at radius 1 is 1.48 bits per heavy atom. The maximum absolute atomic E-state index is 12.0. The number of hydrogen-bond donors (Lipinski definition) is 1. The second-order valence-electron chi connectivity index (χ2n) is 6.25. The smallest absolute Gasteiger partial charge is 0.287 e. The standard InChI is InChI=1S/C16H26ClN3O/c1-3-9-20-16(21)15(17)14(11-19-20)18-8-7-13-6-4-5-12(2)10-13/h11-13,18H,3-10H2,1-2H3. The van der Waals surface area contributed by atoms with Crippen LogP contribution in [0.1, 0.15) is 52.4 Å². The molecule has 2 unspecified atom stereocenters. The van der Waals surface area contributed by atoms with Gasteiger partial charge in [0.2, 0.25) is 0 Å². The van der Waals surface area contributed by atoms with Gasteiger partial charge in [0.1, 0.15) is 5.02 Å². The average Bonchev–Trinajstić information content (AvgIpc) is 2.47. The predicted octanol–water partition coefficient (Wildman–Crippen LogP) is 3.94. The molecule has 2 rings (SSSR count). The van der Waals surface area contributed by atoms with Gasteiger partial charge in [-0.2, -0.15) is 5.10 Å². The molecule has 1 aromatic rings. The van der Waals surface area contributed by atoms with E-state index < -0.39 is 0 Å². The molecule has 1 fully saturated rings. The summed E-state index contributed by atoms with van der Waals surface area (Å²) in [6.45, 7) is 5.82. The van der Waals surface area contributed by atoms with E-state index in [9.17, 15) is 4.79 Å². The fourth-order valence-electron chi connectivity index (χ4n) is 3.19. The van der Waals surface area contributed by atoms with Gasteiger partial charge in [-0.05, 0) is 31.1 Å². The van der Waals surface area contributed by atoms with Crippen molar-refractivity contribution < 1.29 is 0 Å². The molecular weight excluding hydrogens is 286 g/mol. The van der Waals surface area contributed by atoms with Crippen LogP contribution in [0, 0.1) is 11.8 Å². The Morgan fingerprint density at radius 3 is 3.00 bits per heavy atom. The molecule has 5 heteroatoms. The van der Waals surface area contributed by atoms with Crippen molar-refractivity contribution in [3.63, 3.8) is 0 Å². The topological polar surface area (TPSA) is 46.9 Å². The molecule has 2 atom stereocenters. The Bertz CT molecular complexity index is 515. The number of aromatic nitrogens is 2. The van der Waals surface area contributed by atoms with Crippen LogP contribution in [-0.4, -0.2) is 16.3 Å². The summed E-state index contributed by atoms with van der Waals surface area (Å²) in [5, 5.41) is 7.70. The van der Waals surface area contributed by atoms with Crippen molar-refractivity contribution in [2.45, 2.75) is 58.9 Å². The molecule has 1 N–H and O–H groups in total. The third-order valence-electron chi connectivity index (χ3n) is 4.33. The minimum atomic E-state index is -0.199. The third-order valence-corrected chi connectivity index (χ3v) is 4.70. The Hall–Kier alpha value is -1.03. The first-order valence-electron chi connectivity index (χ1n) is 8.11. The van der Waals surface area contributed by atoms with Gasteiger partial charge in [-0.15, -0.1) is 0 Å². The number of halogens is 1. The predicted molar refractivity (Wildman–Crippen MR) is 88.0 cm³/mol. The summed E-state index contributed by atoms with van der Waals surface area (Å²) < 4.78 is 1.43. The number of rotatable bonds is 6. The van der Waals surface area contributed by atoms with Crippen LogP contribution in [0.4, 0.5) is 5.69 Å². The summed E-state index contributed by atoms with van der Waals surface area (Å²) in [5.74, 6) is 1.65. The van der Waals surface area contributed by atoms with Crippen molar-refractivity contribution >= 4 is 17.3 Å². The zero-order valence-corrected chi connectivity index (χ0v) is 13.8. The molecule has 0 bridgehead atoms. The summed E-state index contributed by atoms with van der Waals surface area (Å²) in [6.07, 6.45) is 9.05. The largest absolute Gasteiger partial charge is 0.382 e. The summed E-state index contributed by atoms with van der Waals surface area (Å²) in [5.41, 5.74) is 0.465. The van der Waals surface area contributed by atoms with E-state index in [2.05, 4.69) is 17.3 Å². The lowest BCUT2D eigenvalue weighted by atomic mass is 9.81. The Kier molecular flexibility index (Phi) is 6.09. The second kappa shape index (κ2) is 7.83. The zero-order valence-electron chi connectivity index (χ0n) is 13.1. The number of aryl methyl sites for hydroxylation is 1. The molecular formula is C16H26ClN3O. The molecule has 1 aliphatic carbocycles. The highest BCUT2D eigenvalue weighted by molar-refractivity contribution is 6.32. The van der Waals surface area contributed by atoms with Gasteiger partial charge in [0.25, 0.3) is 5.56 Å². The van der Waals surface area contributed by atoms with Crippen LogP contribution in [0.2, 0.25) is 5.02 Å². The highest BCUT2D eigenvalue weighted by Crippen LogP contribution is 2.30. The molecule has 0 saturated heterocycles. The van der Waals surface area contributed by atoms with Gasteiger partial charge < -0.3 is 5.32 Å². The van der Waals surface area contributed by atoms with Crippen LogP contribution in [0.25, 0.3) is 0 Å². The summed E-state index contributed by atoms with van der Waals surface area (Å²) in [4.78, 5) is 12.0. The molecule has 0 radical (unpaired) electrons. The van der Waals surface area contributed by atoms with Gasteiger partial charge in [-0.25, -0.2) is 4.68 Å². The molecule has 4 nitrogen and oxygen atoms in total. The van der Waals surface area contributed by atoms with Gasteiger partial charge in [-0.1, -0.05) is 44.7 Å². The van der Waals surface area contributed by atoms with Crippen LogP contribution in [0.5, 0.6) is 0 Å². The van der Waals surface area contributed by atoms with Crippen molar-refractivity contribution in [3.05, 3.63) is 21.6 Å². The van der Waals surface area contributed by atoms with Crippen molar-refractivity contribution in [1.29, 1.82) is 0 Å². The fraction of sp³-hybridized carbons (Fsp3) is 0.750. The molecule has 118 valence electrons. The number of nitrogens with one attached hydrogen (secondary N) is 1. The van der Waals surface area contributed by atoms with E-state index in [1.165, 1.54) is 30.4 Å². The minimum Gasteiger partial charge on any atom is -0.382 e. The van der Waals surface area contributed by atoms with E-state index in [-0.39, 0.29) is 10.6 Å². The van der Waals surface area contributed by atoms with Gasteiger partial charge in [-0.3, -0.25) is 4.79 Å². The van der Waals surface area contributed by atoms with E-state index in [0.29, 0.717) is 12.2 Å². The monoisotopic (exact) mass is 311 g/mol. The molecule has 0 spiro atoms. The number of nitrogens with zero attached hydrogens (tertiary/aromatic N) is 2. The lowest BCUT2D eigenvalue weighted by Gasteiger charge is -2.26. The van der Waals surface area contributed by atoms with E-state index in [1.54, 1.807) is 6.20 Å². The average molecular weight is 312 g/mol. The first-order chi connectivity index (χ1) is 10.1. The first-order valence-corrected chi connectivity index (χ1v) is 8.49. The maximum atomic E-state index is 12.0. The first kappa shape index (κ1) is 16.3. The highest BCUT2D eigenvalue weighted by atomic mass is 35.5.